The number of carbonyl (C=O) groups excluding carboxylic acids is 3. The van der Waals surface area contributed by atoms with Crippen LogP contribution in [0.5, 0.6) is 0 Å². The molecule has 0 aliphatic carbocycles. The Kier molecular flexibility index (Phi) is 8.71. The van der Waals surface area contributed by atoms with Gasteiger partial charge in [-0.1, -0.05) is 18.2 Å². The van der Waals surface area contributed by atoms with Crippen molar-refractivity contribution >= 4 is 28.8 Å². The second-order valence-corrected chi connectivity index (χ2v) is 9.53. The van der Waals surface area contributed by atoms with Crippen LogP contribution in [0.15, 0.2) is 47.3 Å². The lowest BCUT2D eigenvalue weighted by Crippen LogP contribution is -2.39. The van der Waals surface area contributed by atoms with Crippen LogP contribution < -0.4 is 10.9 Å². The first kappa shape index (κ1) is 27.5. The molecule has 2 aromatic carbocycles. The molecule has 39 heavy (non-hydrogen) atoms. The maximum atomic E-state index is 13.5. The number of esters is 1. The van der Waals surface area contributed by atoms with Crippen LogP contribution in [0.3, 0.4) is 0 Å². The van der Waals surface area contributed by atoms with E-state index in [-0.39, 0.29) is 24.6 Å². The van der Waals surface area contributed by atoms with Crippen LogP contribution in [0.25, 0.3) is 11.0 Å². The van der Waals surface area contributed by atoms with Crippen LogP contribution in [0.2, 0.25) is 0 Å². The zero-order valence-corrected chi connectivity index (χ0v) is 22.1. The third-order valence-corrected chi connectivity index (χ3v) is 6.85. The number of carbonyl (C=O) groups is 3. The minimum atomic E-state index is -0.681. The number of hydrogen-bond acceptors (Lipinski definition) is 7. The molecule has 1 aliphatic rings. The van der Waals surface area contributed by atoms with Gasteiger partial charge in [-0.3, -0.25) is 19.2 Å². The van der Waals surface area contributed by atoms with Crippen LogP contribution in [-0.2, 0) is 32.6 Å². The molecule has 2 amide bonds. The van der Waals surface area contributed by atoms with E-state index in [1.165, 1.54) is 4.57 Å². The molecule has 202 valence electrons. The van der Waals surface area contributed by atoms with E-state index in [4.69, 9.17) is 10.00 Å². The number of likely N-dealkylation sites (tertiary alicyclic amines) is 1. The van der Waals surface area contributed by atoms with Crippen LogP contribution >= 0.6 is 0 Å². The molecule has 1 fully saturated rings. The monoisotopic (exact) mass is 529 g/mol. The molecular formula is C29H31N5O5. The summed E-state index contributed by atoms with van der Waals surface area (Å²) in [5, 5.41) is 11.7. The highest BCUT2D eigenvalue weighted by Gasteiger charge is 2.29. The number of aromatic nitrogens is 2. The van der Waals surface area contributed by atoms with E-state index < -0.39 is 24.2 Å². The maximum Gasteiger partial charge on any atom is 0.315 e. The fourth-order valence-electron chi connectivity index (χ4n) is 4.76. The Morgan fingerprint density at radius 1 is 1.13 bits per heavy atom. The standard InChI is InChI=1S/C29H31N5O5/c1-3-39-27(36)16-26(35)31-18-22(28(37)34-12-4-5-13-34)21-10-11-25-23(15-21)32-24(29(38)33(25)2)14-19-6-8-20(17-30)9-7-19/h6-11,15,22H,3-5,12-14,16,18H2,1-2H3,(H,31,35). The van der Waals surface area contributed by atoms with Gasteiger partial charge in [0.1, 0.15) is 12.1 Å². The number of aryl methyl sites for hydroxylation is 1. The fourth-order valence-corrected chi connectivity index (χ4v) is 4.76. The first-order chi connectivity index (χ1) is 18.8. The van der Waals surface area contributed by atoms with Crippen molar-refractivity contribution in [3.05, 3.63) is 75.2 Å². The first-order valence-electron chi connectivity index (χ1n) is 13.0. The lowest BCUT2D eigenvalue weighted by atomic mass is 9.96. The molecule has 10 heteroatoms. The van der Waals surface area contributed by atoms with Crippen LogP contribution in [0.4, 0.5) is 0 Å². The quantitative estimate of drug-likeness (QED) is 0.332. The van der Waals surface area contributed by atoms with Crippen LogP contribution in [0, 0.1) is 11.3 Å². The van der Waals surface area contributed by atoms with E-state index in [2.05, 4.69) is 16.4 Å². The summed E-state index contributed by atoms with van der Waals surface area (Å²) in [4.78, 5) is 57.0. The summed E-state index contributed by atoms with van der Waals surface area (Å²) in [5.74, 6) is -1.92. The Hall–Kier alpha value is -4.52. The minimum absolute atomic E-state index is 0.0168. The largest absolute Gasteiger partial charge is 0.466 e. The summed E-state index contributed by atoms with van der Waals surface area (Å²) in [7, 11) is 1.68. The lowest BCUT2D eigenvalue weighted by molar-refractivity contribution is -0.145. The topological polar surface area (TPSA) is 134 Å². The van der Waals surface area contributed by atoms with Gasteiger partial charge in [-0.05, 0) is 55.2 Å². The number of amides is 2. The molecule has 1 atom stereocenters. The van der Waals surface area contributed by atoms with Crippen molar-refractivity contribution in [2.24, 2.45) is 7.05 Å². The first-order valence-corrected chi connectivity index (χ1v) is 13.0. The third kappa shape index (κ3) is 6.49. The van der Waals surface area contributed by atoms with Crippen molar-refractivity contribution in [1.29, 1.82) is 5.26 Å². The Morgan fingerprint density at radius 3 is 2.51 bits per heavy atom. The number of nitrogens with one attached hydrogen (secondary N) is 1. The van der Waals surface area contributed by atoms with Gasteiger partial charge in [0, 0.05) is 33.1 Å². The molecule has 3 aromatic rings. The van der Waals surface area contributed by atoms with E-state index in [1.54, 1.807) is 61.3 Å². The predicted octanol–water partition coefficient (Wildman–Crippen LogP) is 2.17. The number of rotatable bonds is 9. The number of fused-ring (bicyclic) bond motifs is 1. The average molecular weight is 530 g/mol. The van der Waals surface area contributed by atoms with Gasteiger partial charge >= 0.3 is 5.97 Å². The van der Waals surface area contributed by atoms with Crippen molar-refractivity contribution in [2.75, 3.05) is 26.2 Å². The van der Waals surface area contributed by atoms with Gasteiger partial charge in [-0.25, -0.2) is 4.98 Å². The summed E-state index contributed by atoms with van der Waals surface area (Å²) < 4.78 is 6.37. The van der Waals surface area contributed by atoms with Crippen LogP contribution in [-0.4, -0.2) is 58.5 Å². The number of ether oxygens (including phenoxy) is 1. The highest BCUT2D eigenvalue weighted by atomic mass is 16.5. The number of hydrogen-bond donors (Lipinski definition) is 1. The van der Waals surface area contributed by atoms with E-state index in [0.29, 0.717) is 47.4 Å². The van der Waals surface area contributed by atoms with Crippen molar-refractivity contribution in [1.82, 2.24) is 19.8 Å². The van der Waals surface area contributed by atoms with Gasteiger partial charge in [-0.2, -0.15) is 5.26 Å². The zero-order chi connectivity index (χ0) is 27.9. The van der Waals surface area contributed by atoms with E-state index in [9.17, 15) is 19.2 Å². The van der Waals surface area contributed by atoms with Crippen molar-refractivity contribution < 1.29 is 19.1 Å². The molecule has 1 aliphatic heterocycles. The lowest BCUT2D eigenvalue weighted by Gasteiger charge is -2.24. The molecule has 0 radical (unpaired) electrons. The Morgan fingerprint density at radius 2 is 1.85 bits per heavy atom. The van der Waals surface area contributed by atoms with Gasteiger partial charge in [-0.15, -0.1) is 0 Å². The molecule has 2 heterocycles. The van der Waals surface area contributed by atoms with Gasteiger partial charge in [0.25, 0.3) is 5.56 Å². The Balaban J connectivity index is 1.64. The molecule has 1 aromatic heterocycles. The van der Waals surface area contributed by atoms with Crippen LogP contribution in [0.1, 0.15) is 54.5 Å². The summed E-state index contributed by atoms with van der Waals surface area (Å²) in [5.41, 5.74) is 3.33. The molecule has 1 N–H and O–H groups in total. The van der Waals surface area contributed by atoms with Gasteiger partial charge in [0.05, 0.1) is 35.2 Å². The molecular weight excluding hydrogens is 498 g/mol. The maximum absolute atomic E-state index is 13.5. The predicted molar refractivity (Wildman–Crippen MR) is 144 cm³/mol. The van der Waals surface area contributed by atoms with Gasteiger partial charge in [0.2, 0.25) is 11.8 Å². The summed E-state index contributed by atoms with van der Waals surface area (Å²) in [6.45, 7) is 3.17. The molecule has 10 nitrogen and oxygen atoms in total. The Labute approximate surface area is 226 Å². The smallest absolute Gasteiger partial charge is 0.315 e. The van der Waals surface area contributed by atoms with Crippen molar-refractivity contribution in [3.8, 4) is 6.07 Å². The van der Waals surface area contributed by atoms with Gasteiger partial charge < -0.3 is 19.5 Å². The van der Waals surface area contributed by atoms with Crippen molar-refractivity contribution in [2.45, 2.75) is 38.5 Å². The molecule has 0 saturated carbocycles. The Bertz CT molecular complexity index is 1480. The summed E-state index contributed by atoms with van der Waals surface area (Å²) in [6.07, 6.45) is 1.72. The summed E-state index contributed by atoms with van der Waals surface area (Å²) >= 11 is 0. The fraction of sp³-hybridized carbons (Fsp3) is 0.379. The average Bonchev–Trinajstić information content (AvgIpc) is 3.47. The minimum Gasteiger partial charge on any atom is -0.466 e. The highest BCUT2D eigenvalue weighted by molar-refractivity contribution is 5.94. The molecule has 1 unspecified atom stereocenters. The second-order valence-electron chi connectivity index (χ2n) is 9.53. The molecule has 4 rings (SSSR count). The number of nitrogens with zero attached hydrogens (tertiary/aromatic N) is 4. The zero-order valence-electron chi connectivity index (χ0n) is 22.1. The van der Waals surface area contributed by atoms with Crippen molar-refractivity contribution in [3.63, 3.8) is 0 Å². The second kappa shape index (κ2) is 12.3. The molecule has 0 spiro atoms. The number of benzene rings is 2. The van der Waals surface area contributed by atoms with E-state index >= 15 is 0 Å². The van der Waals surface area contributed by atoms with Gasteiger partial charge in [0.15, 0.2) is 0 Å². The normalized spacial score (nSPS) is 13.6. The number of nitriles is 1. The third-order valence-electron chi connectivity index (χ3n) is 6.85. The van der Waals surface area contributed by atoms with E-state index in [0.717, 1.165) is 18.4 Å². The summed E-state index contributed by atoms with van der Waals surface area (Å²) in [6, 6.07) is 14.4. The van der Waals surface area contributed by atoms with E-state index in [1.807, 2.05) is 0 Å². The highest BCUT2D eigenvalue weighted by Crippen LogP contribution is 2.24. The molecule has 1 saturated heterocycles. The molecule has 0 bridgehead atoms. The SMILES string of the molecule is CCOC(=O)CC(=O)NCC(C(=O)N1CCCC1)c1ccc2c(c1)nc(Cc1ccc(C#N)cc1)c(=O)n2C.